The molecule has 4 saturated carbocycles. The molecule has 2 nitrogen and oxygen atoms in total. The van der Waals surface area contributed by atoms with Crippen LogP contribution in [0.4, 0.5) is 0 Å². The standard InChI is InChI=1S/C26H44O2/c1-5-18-16-19-8-6-7-14-25(19,3)22-13-15-26(4)20(10-11-21(26)24(18)22)17(2)9-12-23(27)28/h17-22,24H,5-16H2,1-4H3,(H,27,28)/t17-,18+,19+,20-,21+,22+,24+,25+,26-/m1/s1. The van der Waals surface area contributed by atoms with Crippen LogP contribution in [-0.2, 0) is 4.79 Å². The van der Waals surface area contributed by atoms with Crippen LogP contribution in [0.25, 0.3) is 0 Å². The Kier molecular flexibility index (Phi) is 5.64. The molecule has 0 bridgehead atoms. The van der Waals surface area contributed by atoms with Gasteiger partial charge < -0.3 is 5.11 Å². The molecule has 1 N–H and O–H groups in total. The minimum atomic E-state index is -0.621. The summed E-state index contributed by atoms with van der Waals surface area (Å²) in [5.41, 5.74) is 1.08. The summed E-state index contributed by atoms with van der Waals surface area (Å²) in [4.78, 5) is 11.1. The molecule has 0 amide bonds. The monoisotopic (exact) mass is 388 g/mol. The molecule has 160 valence electrons. The van der Waals surface area contributed by atoms with Crippen molar-refractivity contribution in [1.29, 1.82) is 0 Å². The van der Waals surface area contributed by atoms with Crippen molar-refractivity contribution in [2.45, 2.75) is 105 Å². The normalized spacial score (nSPS) is 49.0. The summed E-state index contributed by atoms with van der Waals surface area (Å²) in [6, 6.07) is 0. The first-order valence-corrected chi connectivity index (χ1v) is 12.5. The molecular weight excluding hydrogens is 344 g/mol. The maximum Gasteiger partial charge on any atom is 0.303 e. The van der Waals surface area contributed by atoms with Gasteiger partial charge in [0.15, 0.2) is 0 Å². The second-order valence-electron chi connectivity index (χ2n) is 11.8. The Labute approximate surface area is 173 Å². The van der Waals surface area contributed by atoms with E-state index in [-0.39, 0.29) is 0 Å². The molecule has 9 atom stereocenters. The molecular formula is C26H44O2. The molecule has 4 fully saturated rings. The van der Waals surface area contributed by atoms with E-state index in [2.05, 4.69) is 27.7 Å². The van der Waals surface area contributed by atoms with Gasteiger partial charge in [0.2, 0.25) is 0 Å². The maximum absolute atomic E-state index is 11.1. The van der Waals surface area contributed by atoms with Gasteiger partial charge in [0.1, 0.15) is 0 Å². The van der Waals surface area contributed by atoms with Gasteiger partial charge in [0.25, 0.3) is 0 Å². The predicted octanol–water partition coefficient (Wildman–Crippen LogP) is 7.17. The highest BCUT2D eigenvalue weighted by Gasteiger charge is 2.62. The fourth-order valence-electron chi connectivity index (χ4n) is 9.42. The summed E-state index contributed by atoms with van der Waals surface area (Å²) in [7, 11) is 0. The van der Waals surface area contributed by atoms with Crippen LogP contribution in [0.5, 0.6) is 0 Å². The Hall–Kier alpha value is -0.530. The summed E-state index contributed by atoms with van der Waals surface area (Å²) in [6.45, 7) is 10.1. The lowest BCUT2D eigenvalue weighted by Crippen LogP contribution is -2.56. The quantitative estimate of drug-likeness (QED) is 0.542. The third kappa shape index (κ3) is 3.16. The van der Waals surface area contributed by atoms with Crippen LogP contribution in [0.3, 0.4) is 0 Å². The summed E-state index contributed by atoms with van der Waals surface area (Å²) in [6.07, 6.45) is 15.6. The van der Waals surface area contributed by atoms with Gasteiger partial charge in [-0.05, 0) is 104 Å². The topological polar surface area (TPSA) is 37.3 Å². The molecule has 4 aliphatic carbocycles. The van der Waals surface area contributed by atoms with Gasteiger partial charge in [-0.3, -0.25) is 4.79 Å². The molecule has 0 heterocycles. The zero-order chi connectivity index (χ0) is 20.1. The predicted molar refractivity (Wildman–Crippen MR) is 115 cm³/mol. The van der Waals surface area contributed by atoms with Crippen LogP contribution in [0.1, 0.15) is 105 Å². The third-order valence-electron chi connectivity index (χ3n) is 10.9. The van der Waals surface area contributed by atoms with Crippen molar-refractivity contribution in [3.63, 3.8) is 0 Å². The Morgan fingerprint density at radius 1 is 1.04 bits per heavy atom. The fraction of sp³-hybridized carbons (Fsp3) is 0.962. The van der Waals surface area contributed by atoms with Crippen molar-refractivity contribution in [1.82, 2.24) is 0 Å². The molecule has 4 rings (SSSR count). The first-order chi connectivity index (χ1) is 13.3. The van der Waals surface area contributed by atoms with Gasteiger partial charge in [-0.1, -0.05) is 47.0 Å². The third-order valence-corrected chi connectivity index (χ3v) is 10.9. The summed E-state index contributed by atoms with van der Waals surface area (Å²) >= 11 is 0. The van der Waals surface area contributed by atoms with Gasteiger partial charge >= 0.3 is 5.97 Å². The summed E-state index contributed by atoms with van der Waals surface area (Å²) in [5, 5.41) is 9.16. The summed E-state index contributed by atoms with van der Waals surface area (Å²) < 4.78 is 0. The Morgan fingerprint density at radius 3 is 2.50 bits per heavy atom. The van der Waals surface area contributed by atoms with E-state index >= 15 is 0 Å². The van der Waals surface area contributed by atoms with Gasteiger partial charge in [0, 0.05) is 6.42 Å². The van der Waals surface area contributed by atoms with E-state index < -0.39 is 5.97 Å². The molecule has 0 aromatic carbocycles. The van der Waals surface area contributed by atoms with Crippen LogP contribution in [0.15, 0.2) is 0 Å². The highest BCUT2D eigenvalue weighted by atomic mass is 16.4. The average Bonchev–Trinajstić information content (AvgIpc) is 3.02. The smallest absolute Gasteiger partial charge is 0.303 e. The Morgan fingerprint density at radius 2 is 1.79 bits per heavy atom. The van der Waals surface area contributed by atoms with Crippen LogP contribution in [0.2, 0.25) is 0 Å². The van der Waals surface area contributed by atoms with E-state index in [9.17, 15) is 4.79 Å². The largest absolute Gasteiger partial charge is 0.481 e. The van der Waals surface area contributed by atoms with Gasteiger partial charge in [-0.25, -0.2) is 0 Å². The van der Waals surface area contributed by atoms with Gasteiger partial charge in [0.05, 0.1) is 0 Å². The Bertz CT molecular complexity index is 585. The molecule has 0 aliphatic heterocycles. The number of carbonyl (C=O) groups is 1. The first-order valence-electron chi connectivity index (χ1n) is 12.5. The van der Waals surface area contributed by atoms with E-state index in [1.54, 1.807) is 0 Å². The molecule has 0 spiro atoms. The number of fused-ring (bicyclic) bond motifs is 5. The van der Waals surface area contributed by atoms with Crippen LogP contribution in [-0.4, -0.2) is 11.1 Å². The van der Waals surface area contributed by atoms with Crippen molar-refractivity contribution in [3.8, 4) is 0 Å². The van der Waals surface area contributed by atoms with E-state index in [1.165, 1.54) is 64.2 Å². The number of aliphatic carboxylic acids is 1. The summed E-state index contributed by atoms with van der Waals surface area (Å²) in [5.74, 6) is 5.42. The fourth-order valence-corrected chi connectivity index (χ4v) is 9.42. The van der Waals surface area contributed by atoms with E-state index in [0.29, 0.717) is 23.2 Å². The lowest BCUT2D eigenvalue weighted by Gasteiger charge is -2.63. The second kappa shape index (κ2) is 7.62. The van der Waals surface area contributed by atoms with Crippen molar-refractivity contribution < 1.29 is 9.90 Å². The number of hydrogen-bond donors (Lipinski definition) is 1. The van der Waals surface area contributed by atoms with Crippen molar-refractivity contribution in [2.24, 2.45) is 52.3 Å². The molecule has 0 aromatic rings. The molecule has 0 radical (unpaired) electrons. The maximum atomic E-state index is 11.1. The van der Waals surface area contributed by atoms with Crippen molar-refractivity contribution in [3.05, 3.63) is 0 Å². The minimum absolute atomic E-state index is 0.349. The second-order valence-corrected chi connectivity index (χ2v) is 11.8. The molecule has 0 aromatic heterocycles. The average molecular weight is 389 g/mol. The highest BCUT2D eigenvalue weighted by molar-refractivity contribution is 5.66. The molecule has 4 aliphatic rings. The number of carboxylic acids is 1. The van der Waals surface area contributed by atoms with Gasteiger partial charge in [-0.2, -0.15) is 0 Å². The zero-order valence-electron chi connectivity index (χ0n) is 18.9. The molecule has 28 heavy (non-hydrogen) atoms. The lowest BCUT2D eigenvalue weighted by molar-refractivity contribution is -0.143. The van der Waals surface area contributed by atoms with E-state index in [4.69, 9.17) is 5.11 Å². The number of hydrogen-bond acceptors (Lipinski definition) is 1. The number of carboxylic acid groups (broad SMARTS) is 1. The van der Waals surface area contributed by atoms with Crippen molar-refractivity contribution in [2.75, 3.05) is 0 Å². The highest BCUT2D eigenvalue weighted by Crippen LogP contribution is 2.69. The lowest BCUT2D eigenvalue weighted by atomic mass is 9.42. The molecule has 2 heteroatoms. The van der Waals surface area contributed by atoms with Crippen LogP contribution in [0, 0.1) is 52.3 Å². The molecule has 0 unspecified atom stereocenters. The van der Waals surface area contributed by atoms with Crippen LogP contribution >= 0.6 is 0 Å². The first kappa shape index (κ1) is 20.7. The number of rotatable bonds is 5. The Balaban J connectivity index is 1.58. The SMILES string of the molecule is CC[C@H]1C[C@@H]2CCCC[C@]2(C)[C@H]2CC[C@]3(C)[C@@H]([C@H](C)CCC(=O)O)CC[C@H]3[C@H]12. The minimum Gasteiger partial charge on any atom is -0.481 e. The zero-order valence-corrected chi connectivity index (χ0v) is 18.9. The van der Waals surface area contributed by atoms with Crippen molar-refractivity contribution >= 4 is 5.97 Å². The van der Waals surface area contributed by atoms with Crippen LogP contribution < -0.4 is 0 Å². The van der Waals surface area contributed by atoms with E-state index in [1.807, 2.05) is 0 Å². The van der Waals surface area contributed by atoms with Gasteiger partial charge in [-0.15, -0.1) is 0 Å². The van der Waals surface area contributed by atoms with E-state index in [0.717, 1.165) is 41.9 Å². The molecule has 0 saturated heterocycles.